The second-order valence-electron chi connectivity index (χ2n) is 8.49. The number of hydrogen-bond acceptors (Lipinski definition) is 3. The SMILES string of the molecule is CCC(=C(c1ccc(OCc2ccccc2)cc1)c1ccc(OCCN)cc1C)c1ccccc1. The predicted molar refractivity (Wildman–Crippen MR) is 146 cm³/mol. The van der Waals surface area contributed by atoms with Gasteiger partial charge in [-0.1, -0.05) is 85.8 Å². The van der Waals surface area contributed by atoms with E-state index < -0.39 is 0 Å². The highest BCUT2D eigenvalue weighted by molar-refractivity contribution is 5.99. The molecule has 0 fully saturated rings. The largest absolute Gasteiger partial charge is 0.492 e. The van der Waals surface area contributed by atoms with E-state index in [0.29, 0.717) is 19.8 Å². The van der Waals surface area contributed by atoms with Gasteiger partial charge in [0.2, 0.25) is 0 Å². The molecule has 0 saturated heterocycles. The Morgan fingerprint density at radius 3 is 2.00 bits per heavy atom. The fraction of sp³-hybridized carbons (Fsp3) is 0.188. The first-order valence-corrected chi connectivity index (χ1v) is 12.2. The lowest BCUT2D eigenvalue weighted by Crippen LogP contribution is -2.10. The number of aryl methyl sites for hydroxylation is 1. The van der Waals surface area contributed by atoms with Crippen molar-refractivity contribution in [2.24, 2.45) is 5.73 Å². The molecule has 4 rings (SSSR count). The van der Waals surface area contributed by atoms with E-state index in [1.54, 1.807) is 0 Å². The second kappa shape index (κ2) is 12.0. The molecule has 0 aliphatic heterocycles. The zero-order valence-corrected chi connectivity index (χ0v) is 20.5. The van der Waals surface area contributed by atoms with Crippen LogP contribution in [0.3, 0.4) is 0 Å². The van der Waals surface area contributed by atoms with Gasteiger partial charge in [-0.05, 0) is 76.6 Å². The third-order valence-electron chi connectivity index (χ3n) is 6.02. The van der Waals surface area contributed by atoms with E-state index in [-0.39, 0.29) is 0 Å². The summed E-state index contributed by atoms with van der Waals surface area (Å²) in [5.41, 5.74) is 14.1. The zero-order valence-electron chi connectivity index (χ0n) is 20.5. The Hall–Kier alpha value is -3.82. The number of ether oxygens (including phenoxy) is 2. The smallest absolute Gasteiger partial charge is 0.119 e. The first-order valence-electron chi connectivity index (χ1n) is 12.2. The number of hydrogen-bond donors (Lipinski definition) is 1. The van der Waals surface area contributed by atoms with Crippen molar-refractivity contribution in [1.29, 1.82) is 0 Å². The van der Waals surface area contributed by atoms with E-state index in [0.717, 1.165) is 29.0 Å². The Labute approximate surface area is 208 Å². The summed E-state index contributed by atoms with van der Waals surface area (Å²) in [5.74, 6) is 1.70. The van der Waals surface area contributed by atoms with Crippen LogP contribution in [0.4, 0.5) is 0 Å². The summed E-state index contributed by atoms with van der Waals surface area (Å²) in [7, 11) is 0. The zero-order chi connectivity index (χ0) is 24.5. The van der Waals surface area contributed by atoms with E-state index in [1.165, 1.54) is 27.8 Å². The van der Waals surface area contributed by atoms with E-state index in [2.05, 4.69) is 92.7 Å². The van der Waals surface area contributed by atoms with Crippen molar-refractivity contribution in [3.63, 3.8) is 0 Å². The van der Waals surface area contributed by atoms with Crippen molar-refractivity contribution >= 4 is 11.1 Å². The topological polar surface area (TPSA) is 44.5 Å². The van der Waals surface area contributed by atoms with Crippen LogP contribution in [0.5, 0.6) is 11.5 Å². The van der Waals surface area contributed by atoms with Crippen LogP contribution in [0, 0.1) is 6.92 Å². The van der Waals surface area contributed by atoms with Crippen molar-refractivity contribution in [3.05, 3.63) is 131 Å². The average Bonchev–Trinajstić information content (AvgIpc) is 2.91. The van der Waals surface area contributed by atoms with Gasteiger partial charge in [0, 0.05) is 6.54 Å². The lowest BCUT2D eigenvalue weighted by Gasteiger charge is -2.19. The van der Waals surface area contributed by atoms with Crippen molar-refractivity contribution in [2.75, 3.05) is 13.2 Å². The Kier molecular flexibility index (Phi) is 8.37. The molecule has 0 aromatic heterocycles. The number of benzene rings is 4. The van der Waals surface area contributed by atoms with Gasteiger partial charge in [0.05, 0.1) is 0 Å². The molecule has 3 nitrogen and oxygen atoms in total. The monoisotopic (exact) mass is 463 g/mol. The lowest BCUT2D eigenvalue weighted by atomic mass is 9.86. The first kappa shape index (κ1) is 24.3. The molecule has 0 aliphatic carbocycles. The summed E-state index contributed by atoms with van der Waals surface area (Å²) in [5, 5.41) is 0. The molecule has 0 radical (unpaired) electrons. The van der Waals surface area contributed by atoms with Crippen LogP contribution in [0.25, 0.3) is 11.1 Å². The summed E-state index contributed by atoms with van der Waals surface area (Å²) in [6.07, 6.45) is 0.913. The predicted octanol–water partition coefficient (Wildman–Crippen LogP) is 7.28. The van der Waals surface area contributed by atoms with Gasteiger partial charge >= 0.3 is 0 Å². The molecule has 0 amide bonds. The van der Waals surface area contributed by atoms with E-state index in [1.807, 2.05) is 24.3 Å². The molecule has 0 bridgehead atoms. The Morgan fingerprint density at radius 2 is 1.37 bits per heavy atom. The summed E-state index contributed by atoms with van der Waals surface area (Å²) in [6, 6.07) is 35.6. The molecule has 2 N–H and O–H groups in total. The van der Waals surface area contributed by atoms with Crippen LogP contribution in [0.1, 0.15) is 41.2 Å². The quantitative estimate of drug-likeness (QED) is 0.251. The molecule has 0 aliphatic rings. The molecular weight excluding hydrogens is 430 g/mol. The highest BCUT2D eigenvalue weighted by atomic mass is 16.5. The fourth-order valence-corrected chi connectivity index (χ4v) is 4.30. The molecule has 4 aromatic rings. The van der Waals surface area contributed by atoms with Gasteiger partial charge in [0.25, 0.3) is 0 Å². The summed E-state index contributed by atoms with van der Waals surface area (Å²) >= 11 is 0. The summed E-state index contributed by atoms with van der Waals surface area (Å²) in [4.78, 5) is 0. The molecule has 0 spiro atoms. The Bertz CT molecular complexity index is 1250. The van der Waals surface area contributed by atoms with Gasteiger partial charge in [-0.25, -0.2) is 0 Å². The maximum atomic E-state index is 6.04. The minimum Gasteiger partial charge on any atom is -0.492 e. The maximum Gasteiger partial charge on any atom is 0.119 e. The molecule has 35 heavy (non-hydrogen) atoms. The van der Waals surface area contributed by atoms with Crippen molar-refractivity contribution in [3.8, 4) is 11.5 Å². The van der Waals surface area contributed by atoms with Crippen molar-refractivity contribution < 1.29 is 9.47 Å². The maximum absolute atomic E-state index is 6.04. The molecule has 4 aromatic carbocycles. The van der Waals surface area contributed by atoms with Gasteiger partial charge < -0.3 is 15.2 Å². The van der Waals surface area contributed by atoms with Crippen molar-refractivity contribution in [2.45, 2.75) is 26.9 Å². The molecule has 178 valence electrons. The van der Waals surface area contributed by atoms with Crippen LogP contribution in [-0.4, -0.2) is 13.2 Å². The highest BCUT2D eigenvalue weighted by Gasteiger charge is 2.16. The van der Waals surface area contributed by atoms with Gasteiger partial charge in [0.1, 0.15) is 24.7 Å². The van der Waals surface area contributed by atoms with Gasteiger partial charge in [-0.3, -0.25) is 0 Å². The van der Waals surface area contributed by atoms with Crippen LogP contribution in [0.15, 0.2) is 103 Å². The van der Waals surface area contributed by atoms with E-state index in [4.69, 9.17) is 15.2 Å². The summed E-state index contributed by atoms with van der Waals surface area (Å²) in [6.45, 7) is 5.92. The number of allylic oxidation sites excluding steroid dienone is 1. The molecule has 0 unspecified atom stereocenters. The van der Waals surface area contributed by atoms with Gasteiger partial charge in [0.15, 0.2) is 0 Å². The number of rotatable bonds is 10. The average molecular weight is 464 g/mol. The third-order valence-corrected chi connectivity index (χ3v) is 6.02. The molecule has 0 atom stereocenters. The molecule has 0 saturated carbocycles. The fourth-order valence-electron chi connectivity index (χ4n) is 4.30. The van der Waals surface area contributed by atoms with Crippen LogP contribution >= 0.6 is 0 Å². The van der Waals surface area contributed by atoms with E-state index in [9.17, 15) is 0 Å². The third kappa shape index (κ3) is 6.20. The molecule has 0 heterocycles. The minimum atomic E-state index is 0.499. The Balaban J connectivity index is 1.72. The van der Waals surface area contributed by atoms with Crippen LogP contribution < -0.4 is 15.2 Å². The normalized spacial score (nSPS) is 11.6. The summed E-state index contributed by atoms with van der Waals surface area (Å²) < 4.78 is 11.8. The van der Waals surface area contributed by atoms with Gasteiger partial charge in [-0.2, -0.15) is 0 Å². The lowest BCUT2D eigenvalue weighted by molar-refractivity contribution is 0.306. The Morgan fingerprint density at radius 1 is 0.714 bits per heavy atom. The minimum absolute atomic E-state index is 0.499. The standard InChI is InChI=1S/C32H33NO2/c1-3-30(26-12-8-5-9-13-26)32(31-19-18-29(22-24(31)2)34-21-20-33)27-14-16-28(17-15-27)35-23-25-10-6-4-7-11-25/h4-19,22H,3,20-21,23,33H2,1-2H3. The highest BCUT2D eigenvalue weighted by Crippen LogP contribution is 2.37. The van der Waals surface area contributed by atoms with Crippen LogP contribution in [0.2, 0.25) is 0 Å². The van der Waals surface area contributed by atoms with Crippen molar-refractivity contribution in [1.82, 2.24) is 0 Å². The van der Waals surface area contributed by atoms with Crippen LogP contribution in [-0.2, 0) is 6.61 Å². The number of nitrogens with two attached hydrogens (primary N) is 1. The van der Waals surface area contributed by atoms with Gasteiger partial charge in [-0.15, -0.1) is 0 Å². The molecular formula is C32H33NO2. The van der Waals surface area contributed by atoms with E-state index >= 15 is 0 Å². The first-order chi connectivity index (χ1) is 17.2. The molecule has 3 heteroatoms. The second-order valence-corrected chi connectivity index (χ2v) is 8.49.